The van der Waals surface area contributed by atoms with Crippen LogP contribution in [0.4, 0.5) is 0 Å². The molecule has 152 valence electrons. The van der Waals surface area contributed by atoms with Gasteiger partial charge in [-0.25, -0.2) is 14.2 Å². The lowest BCUT2D eigenvalue weighted by Crippen LogP contribution is -2.06. The van der Waals surface area contributed by atoms with Crippen molar-refractivity contribution in [3.63, 3.8) is 0 Å². The molecule has 0 aliphatic rings. The number of aromatic nitrogens is 5. The molecule has 2 unspecified atom stereocenters. The Balaban J connectivity index is 2.07. The molecule has 0 aliphatic heterocycles. The first-order valence-electron chi connectivity index (χ1n) is 9.31. The monoisotopic (exact) mass is 429 g/mol. The van der Waals surface area contributed by atoms with Crippen LogP contribution in [-0.2, 0) is 21.6 Å². The predicted molar refractivity (Wildman–Crippen MR) is 116 cm³/mol. The summed E-state index contributed by atoms with van der Waals surface area (Å²) in [5.74, 6) is 1.02. The van der Waals surface area contributed by atoms with E-state index in [9.17, 15) is 8.42 Å². The normalized spacial score (nSPS) is 14.0. The van der Waals surface area contributed by atoms with Crippen LogP contribution in [0.15, 0.2) is 28.4 Å². The summed E-state index contributed by atoms with van der Waals surface area (Å²) >= 11 is 0. The van der Waals surface area contributed by atoms with Crippen LogP contribution in [0.2, 0.25) is 0 Å². The third kappa shape index (κ3) is 3.03. The molecule has 0 saturated heterocycles. The van der Waals surface area contributed by atoms with E-state index in [2.05, 4.69) is 30.9 Å². The van der Waals surface area contributed by atoms with Crippen molar-refractivity contribution in [3.05, 3.63) is 40.7 Å². The Bertz CT molecular complexity index is 1340. The smallest absolute Gasteiger partial charge is 0.175 e. The molecular formula is C20H23N5O2S2. The van der Waals surface area contributed by atoms with Crippen LogP contribution in [0.3, 0.4) is 0 Å². The standard InChI is InChI=1S/C20H23N5O2S2/c1-7-29(27)20-18-13(4)11(2)12(3)14(5)19(18)23-25(20)17-10-24-16(22-17)8-15(9-21-24)28(6)26/h8-10H,7H2,1-6H3. The van der Waals surface area contributed by atoms with Crippen LogP contribution in [0.1, 0.15) is 29.2 Å². The van der Waals surface area contributed by atoms with Crippen LogP contribution in [-0.4, -0.2) is 44.8 Å². The Kier molecular flexibility index (Phi) is 4.90. The molecule has 7 nitrogen and oxygen atoms in total. The first-order valence-corrected chi connectivity index (χ1v) is 12.2. The number of hydrogen-bond donors (Lipinski definition) is 0. The molecule has 0 N–H and O–H groups in total. The highest BCUT2D eigenvalue weighted by atomic mass is 32.2. The maximum Gasteiger partial charge on any atom is 0.175 e. The average molecular weight is 430 g/mol. The number of aryl methyl sites for hydroxylation is 2. The summed E-state index contributed by atoms with van der Waals surface area (Å²) in [4.78, 5) is 5.24. The van der Waals surface area contributed by atoms with Crippen LogP contribution in [0.25, 0.3) is 22.4 Å². The fourth-order valence-electron chi connectivity index (χ4n) is 3.54. The maximum atomic E-state index is 13.1. The third-order valence-electron chi connectivity index (χ3n) is 5.57. The summed E-state index contributed by atoms with van der Waals surface area (Å²) in [6.07, 6.45) is 4.93. The Hall–Kier alpha value is -2.39. The lowest BCUT2D eigenvalue weighted by Gasteiger charge is -2.10. The second-order valence-corrected chi connectivity index (χ2v) is 10.2. The van der Waals surface area contributed by atoms with Gasteiger partial charge in [-0.15, -0.1) is 0 Å². The van der Waals surface area contributed by atoms with Gasteiger partial charge in [0, 0.05) is 23.5 Å². The van der Waals surface area contributed by atoms with E-state index in [1.54, 1.807) is 33.9 Å². The molecule has 4 aromatic rings. The van der Waals surface area contributed by atoms with Gasteiger partial charge in [0.05, 0.1) is 44.4 Å². The van der Waals surface area contributed by atoms with Crippen molar-refractivity contribution in [1.82, 2.24) is 24.4 Å². The molecule has 0 aliphatic carbocycles. The molecule has 0 spiro atoms. The van der Waals surface area contributed by atoms with Crippen LogP contribution >= 0.6 is 0 Å². The van der Waals surface area contributed by atoms with Gasteiger partial charge in [0.15, 0.2) is 11.5 Å². The molecule has 9 heteroatoms. The number of hydrogen-bond acceptors (Lipinski definition) is 5. The maximum absolute atomic E-state index is 13.1. The first-order chi connectivity index (χ1) is 13.7. The molecule has 0 radical (unpaired) electrons. The van der Waals surface area contributed by atoms with Gasteiger partial charge < -0.3 is 0 Å². The highest BCUT2D eigenvalue weighted by Gasteiger charge is 2.24. The Morgan fingerprint density at radius 3 is 2.38 bits per heavy atom. The van der Waals surface area contributed by atoms with Gasteiger partial charge in [-0.1, -0.05) is 6.92 Å². The molecule has 4 rings (SSSR count). The Morgan fingerprint density at radius 2 is 1.72 bits per heavy atom. The lowest BCUT2D eigenvalue weighted by atomic mass is 9.96. The van der Waals surface area contributed by atoms with E-state index in [-0.39, 0.29) is 0 Å². The van der Waals surface area contributed by atoms with Gasteiger partial charge in [0.1, 0.15) is 5.03 Å². The zero-order valence-corrected chi connectivity index (χ0v) is 18.9. The zero-order valence-electron chi connectivity index (χ0n) is 17.3. The molecule has 29 heavy (non-hydrogen) atoms. The summed E-state index contributed by atoms with van der Waals surface area (Å²) in [6, 6.07) is 1.75. The Morgan fingerprint density at radius 1 is 1.03 bits per heavy atom. The number of rotatable bonds is 4. The van der Waals surface area contributed by atoms with E-state index in [0.717, 1.165) is 22.0 Å². The zero-order chi connectivity index (χ0) is 21.0. The summed E-state index contributed by atoms with van der Waals surface area (Å²) in [5.41, 5.74) is 5.98. The van der Waals surface area contributed by atoms with Gasteiger partial charge in [0.2, 0.25) is 0 Å². The van der Waals surface area contributed by atoms with Crippen LogP contribution in [0.5, 0.6) is 0 Å². The molecule has 0 saturated carbocycles. The van der Waals surface area contributed by atoms with E-state index < -0.39 is 21.6 Å². The molecule has 3 heterocycles. The van der Waals surface area contributed by atoms with Crippen molar-refractivity contribution in [1.29, 1.82) is 0 Å². The van der Waals surface area contributed by atoms with Crippen molar-refractivity contribution >= 4 is 38.1 Å². The Labute approximate surface area is 174 Å². The second kappa shape index (κ2) is 7.14. The topological polar surface area (TPSA) is 82.1 Å². The molecule has 1 aromatic carbocycles. The summed E-state index contributed by atoms with van der Waals surface area (Å²) in [6.45, 7) is 10.2. The molecular weight excluding hydrogens is 406 g/mol. The molecule has 0 amide bonds. The molecule has 3 aromatic heterocycles. The van der Waals surface area contributed by atoms with Crippen molar-refractivity contribution in [2.24, 2.45) is 0 Å². The number of benzene rings is 1. The summed E-state index contributed by atoms with van der Waals surface area (Å²) < 4.78 is 28.1. The van der Waals surface area contributed by atoms with E-state index in [1.165, 1.54) is 11.1 Å². The number of fused-ring (bicyclic) bond motifs is 2. The molecule has 2 atom stereocenters. The van der Waals surface area contributed by atoms with Gasteiger partial charge in [-0.3, -0.25) is 8.42 Å². The van der Waals surface area contributed by atoms with Crippen molar-refractivity contribution in [2.75, 3.05) is 12.0 Å². The van der Waals surface area contributed by atoms with Crippen molar-refractivity contribution in [3.8, 4) is 5.82 Å². The second-order valence-electron chi connectivity index (χ2n) is 7.12. The highest BCUT2D eigenvalue weighted by Crippen LogP contribution is 2.34. The SMILES string of the molecule is CCS(=O)c1c2c(C)c(C)c(C)c(C)c2nn1-c1cn2ncc(S(C)=O)cc2n1. The van der Waals surface area contributed by atoms with E-state index >= 15 is 0 Å². The predicted octanol–water partition coefficient (Wildman–Crippen LogP) is 3.17. The largest absolute Gasteiger partial charge is 0.255 e. The van der Waals surface area contributed by atoms with Gasteiger partial charge >= 0.3 is 0 Å². The fourth-order valence-corrected chi connectivity index (χ4v) is 5.08. The van der Waals surface area contributed by atoms with Gasteiger partial charge in [-0.2, -0.15) is 10.2 Å². The van der Waals surface area contributed by atoms with E-state index in [4.69, 9.17) is 5.10 Å². The fraction of sp³-hybridized carbons (Fsp3) is 0.350. The molecule has 0 fully saturated rings. The van der Waals surface area contributed by atoms with Crippen LogP contribution < -0.4 is 0 Å². The van der Waals surface area contributed by atoms with Crippen LogP contribution in [0, 0.1) is 27.7 Å². The van der Waals surface area contributed by atoms with Crippen molar-refractivity contribution < 1.29 is 8.42 Å². The summed E-state index contributed by atoms with van der Waals surface area (Å²) in [7, 11) is -2.37. The minimum Gasteiger partial charge on any atom is -0.255 e. The minimum atomic E-state index is -1.23. The molecule has 0 bridgehead atoms. The summed E-state index contributed by atoms with van der Waals surface area (Å²) in [5, 5.41) is 10.7. The number of imidazole rings is 1. The van der Waals surface area contributed by atoms with E-state index in [0.29, 0.717) is 27.1 Å². The van der Waals surface area contributed by atoms with Gasteiger partial charge in [0.25, 0.3) is 0 Å². The average Bonchev–Trinajstić information content (AvgIpc) is 3.30. The van der Waals surface area contributed by atoms with Crippen molar-refractivity contribution in [2.45, 2.75) is 44.5 Å². The van der Waals surface area contributed by atoms with Gasteiger partial charge in [-0.05, 0) is 49.9 Å². The van der Waals surface area contributed by atoms with E-state index in [1.807, 2.05) is 13.8 Å². The first kappa shape index (κ1) is 19.9. The highest BCUT2D eigenvalue weighted by molar-refractivity contribution is 7.85. The lowest BCUT2D eigenvalue weighted by molar-refractivity contribution is 0.673. The number of nitrogens with zero attached hydrogens (tertiary/aromatic N) is 5. The minimum absolute atomic E-state index is 0.483. The quantitative estimate of drug-likeness (QED) is 0.498. The third-order valence-corrected chi connectivity index (χ3v) is 7.79.